The second-order valence-corrected chi connectivity index (χ2v) is 14.6. The highest BCUT2D eigenvalue weighted by atomic mass is 16.5. The van der Waals surface area contributed by atoms with E-state index < -0.39 is 29.7 Å². The van der Waals surface area contributed by atoms with Gasteiger partial charge in [0.15, 0.2) is 5.78 Å². The molecule has 3 fully saturated rings. The highest BCUT2D eigenvalue weighted by molar-refractivity contribution is 6.24. The summed E-state index contributed by atoms with van der Waals surface area (Å²) in [6.45, 7) is 2.68. The lowest BCUT2D eigenvalue weighted by atomic mass is 10.0. The number of imide groups is 2. The fourth-order valence-corrected chi connectivity index (χ4v) is 8.04. The number of aromatic hydroxyl groups is 1. The van der Waals surface area contributed by atoms with Gasteiger partial charge in [-0.1, -0.05) is 29.5 Å². The van der Waals surface area contributed by atoms with Crippen molar-refractivity contribution in [2.45, 2.75) is 76.0 Å². The van der Waals surface area contributed by atoms with Crippen molar-refractivity contribution in [1.82, 2.24) is 35.1 Å². The largest absolute Gasteiger partial charge is 0.507 e. The molecule has 8 rings (SSSR count). The third kappa shape index (κ3) is 7.48. The number of hydrogen-bond donors (Lipinski definition) is 2. The Morgan fingerprint density at radius 3 is 2.57 bits per heavy atom. The van der Waals surface area contributed by atoms with Gasteiger partial charge in [0, 0.05) is 62.3 Å². The molecule has 3 saturated heterocycles. The van der Waals surface area contributed by atoms with Crippen molar-refractivity contribution in [3.05, 3.63) is 107 Å². The van der Waals surface area contributed by atoms with E-state index in [4.69, 9.17) is 9.72 Å². The minimum Gasteiger partial charge on any atom is -0.507 e. The summed E-state index contributed by atoms with van der Waals surface area (Å²) in [5.74, 6) is -1.17. The van der Waals surface area contributed by atoms with Gasteiger partial charge in [-0.2, -0.15) is 0 Å². The number of nitrogens with zero attached hydrogens (tertiary/aromatic N) is 7. The van der Waals surface area contributed by atoms with E-state index in [1.165, 1.54) is 6.07 Å². The third-order valence-corrected chi connectivity index (χ3v) is 10.9. The molecule has 0 aliphatic carbocycles. The van der Waals surface area contributed by atoms with Crippen LogP contribution >= 0.6 is 0 Å². The number of ketones is 1. The first-order chi connectivity index (χ1) is 27.2. The first-order valence-corrected chi connectivity index (χ1v) is 19.1. The first-order valence-electron chi connectivity index (χ1n) is 19.1. The zero-order valence-corrected chi connectivity index (χ0v) is 30.8. The van der Waals surface area contributed by atoms with E-state index in [1.54, 1.807) is 42.5 Å². The summed E-state index contributed by atoms with van der Waals surface area (Å²) in [4.78, 5) is 73.4. The maximum Gasteiger partial charge on any atom is 0.266 e. The molecule has 4 aliphatic rings. The molecule has 2 aromatic heterocycles. The molecule has 15 nitrogen and oxygen atoms in total. The number of unbranched alkanes of at least 4 members (excludes halogenated alkanes) is 1. The molecule has 6 heterocycles. The van der Waals surface area contributed by atoms with Crippen LogP contribution in [0, 0.1) is 0 Å². The van der Waals surface area contributed by atoms with E-state index in [0.717, 1.165) is 60.9 Å². The van der Waals surface area contributed by atoms with Crippen LogP contribution in [0.4, 0.5) is 5.82 Å². The van der Waals surface area contributed by atoms with Crippen LogP contribution in [0.5, 0.6) is 11.5 Å². The monoisotopic (exact) mass is 758 g/mol. The number of pyridine rings is 1. The number of benzene rings is 2. The number of phenolic OH excluding ortho intramolecular Hbond substituents is 1. The molecule has 3 atom stereocenters. The van der Waals surface area contributed by atoms with Crippen LogP contribution < -0.4 is 15.0 Å². The number of piperidine rings is 1. The summed E-state index contributed by atoms with van der Waals surface area (Å²) < 4.78 is 7.81. The fourth-order valence-electron chi connectivity index (χ4n) is 8.04. The molecule has 15 heteroatoms. The van der Waals surface area contributed by atoms with Crippen LogP contribution in [-0.4, -0.2) is 102 Å². The summed E-state index contributed by atoms with van der Waals surface area (Å²) in [6.07, 6.45) is 10.4. The van der Waals surface area contributed by atoms with Gasteiger partial charge in [-0.25, -0.2) is 4.98 Å². The number of rotatable bonds is 15. The number of carbonyl (C=O) groups excluding carboxylic acids is 5. The lowest BCUT2D eigenvalue weighted by Gasteiger charge is -2.34. The van der Waals surface area contributed by atoms with Gasteiger partial charge in [0.2, 0.25) is 11.8 Å². The minimum atomic E-state index is -1.03. The van der Waals surface area contributed by atoms with Crippen molar-refractivity contribution in [3.8, 4) is 11.5 Å². The van der Waals surface area contributed by atoms with Crippen LogP contribution in [0.1, 0.15) is 81.0 Å². The van der Waals surface area contributed by atoms with Gasteiger partial charge in [0.05, 0.1) is 29.0 Å². The number of allylic oxidation sites excluding steroid dienone is 1. The second-order valence-electron chi connectivity index (χ2n) is 14.6. The van der Waals surface area contributed by atoms with Crippen LogP contribution in [0.2, 0.25) is 0 Å². The van der Waals surface area contributed by atoms with Crippen molar-refractivity contribution >= 4 is 35.2 Å². The van der Waals surface area contributed by atoms with Crippen LogP contribution in [0.25, 0.3) is 0 Å². The molecule has 4 amide bonds. The van der Waals surface area contributed by atoms with E-state index in [2.05, 4.69) is 43.6 Å². The van der Waals surface area contributed by atoms with E-state index in [-0.39, 0.29) is 35.5 Å². The average molecular weight is 759 g/mol. The first kappa shape index (κ1) is 36.6. The summed E-state index contributed by atoms with van der Waals surface area (Å²) in [7, 11) is 0. The topological polar surface area (TPSA) is 180 Å². The Kier molecular flexibility index (Phi) is 10.3. The van der Waals surface area contributed by atoms with Gasteiger partial charge in [0.1, 0.15) is 23.4 Å². The predicted molar refractivity (Wildman–Crippen MR) is 202 cm³/mol. The van der Waals surface area contributed by atoms with Crippen molar-refractivity contribution in [2.75, 3.05) is 24.6 Å². The standard InChI is InChI=1S/C41H42N8O7/c50-33-13-2-1-11-30(33)34(51)18-20-46-24-29-22-28(46)25-48(29)36-15-5-9-26(42-36)10-7-19-47-23-27(44-45-47)8-3-4-21-56-35-14-6-12-31-38(35)41(55)49(40(31)54)32-16-17-37(52)43-39(32)53/h1-2,5-6,9,11-15,18,20,23,28-29,32,50H,3-4,7-8,10,16-17,19,21-22,24-25H2,(H,43,52,53)/b20-18+/t28-,29-,32?/m1/s1. The van der Waals surface area contributed by atoms with Gasteiger partial charge in [-0.05, 0) is 81.3 Å². The van der Waals surface area contributed by atoms with E-state index in [1.807, 2.05) is 17.1 Å². The molecule has 4 aromatic rings. The van der Waals surface area contributed by atoms with Gasteiger partial charge in [0.25, 0.3) is 11.8 Å². The number of aromatic nitrogens is 4. The number of ether oxygens (including phenoxy) is 1. The number of carbonyl (C=O) groups is 5. The smallest absolute Gasteiger partial charge is 0.266 e. The maximum absolute atomic E-state index is 13.3. The molecule has 2 N–H and O–H groups in total. The molecule has 2 aromatic carbocycles. The number of piperazine rings is 1. The summed E-state index contributed by atoms with van der Waals surface area (Å²) in [5.41, 5.74) is 2.54. The quantitative estimate of drug-likeness (QED) is 0.0782. The zero-order chi connectivity index (χ0) is 38.8. The second kappa shape index (κ2) is 15.8. The molecule has 4 aliphatic heterocycles. The Labute approximate surface area is 322 Å². The number of phenols is 1. The lowest BCUT2D eigenvalue weighted by Crippen LogP contribution is -2.54. The molecule has 0 radical (unpaired) electrons. The van der Waals surface area contributed by atoms with E-state index >= 15 is 0 Å². The SMILES string of the molecule is O=C1CCC(N2C(=O)c3cccc(OCCCCc4cn(CCCc5cccc(N6C[C@H]7C[C@@H]6CN7/C=C/C(=O)c6ccccc6O)n5)nn4)c3C2=O)C(=O)N1. The zero-order valence-electron chi connectivity index (χ0n) is 30.8. The average Bonchev–Trinajstić information content (AvgIpc) is 3.98. The van der Waals surface area contributed by atoms with E-state index in [0.29, 0.717) is 49.4 Å². The molecule has 56 heavy (non-hydrogen) atoms. The number of likely N-dealkylation sites (tertiary alicyclic amines) is 1. The number of fused-ring (bicyclic) bond motifs is 3. The van der Waals surface area contributed by atoms with Crippen molar-refractivity contribution < 1.29 is 33.8 Å². The summed E-state index contributed by atoms with van der Waals surface area (Å²) in [5, 5.41) is 20.8. The number of amides is 4. The summed E-state index contributed by atoms with van der Waals surface area (Å²) >= 11 is 0. The Balaban J connectivity index is 0.760. The minimum absolute atomic E-state index is 0.0110. The number of hydrogen-bond acceptors (Lipinski definition) is 12. The molecule has 288 valence electrons. The van der Waals surface area contributed by atoms with Gasteiger partial charge >= 0.3 is 0 Å². The van der Waals surface area contributed by atoms with Crippen LogP contribution in [-0.2, 0) is 29.0 Å². The normalized spacial score (nSPS) is 20.4. The Bertz CT molecular complexity index is 2220. The Hall–Kier alpha value is -6.38. The number of anilines is 1. The highest BCUT2D eigenvalue weighted by Crippen LogP contribution is 2.35. The summed E-state index contributed by atoms with van der Waals surface area (Å²) in [6, 6.07) is 17.2. The fraction of sp³-hybridized carbons (Fsp3) is 0.366. The van der Waals surface area contributed by atoms with Gasteiger partial charge < -0.3 is 19.6 Å². The van der Waals surface area contributed by atoms with E-state index in [9.17, 15) is 29.1 Å². The lowest BCUT2D eigenvalue weighted by molar-refractivity contribution is -0.136. The highest BCUT2D eigenvalue weighted by Gasteiger charge is 2.46. The Morgan fingerprint density at radius 2 is 1.75 bits per heavy atom. The maximum atomic E-state index is 13.3. The molecular weight excluding hydrogens is 716 g/mol. The molecule has 0 saturated carbocycles. The van der Waals surface area contributed by atoms with Crippen molar-refractivity contribution in [1.29, 1.82) is 0 Å². The predicted octanol–water partition coefficient (Wildman–Crippen LogP) is 3.47. The Morgan fingerprint density at radius 1 is 0.911 bits per heavy atom. The molecule has 0 spiro atoms. The molecule has 2 bridgehead atoms. The van der Waals surface area contributed by atoms with Crippen LogP contribution in [0.3, 0.4) is 0 Å². The molecular formula is C41H42N8O7. The number of para-hydroxylation sites is 1. The number of nitrogens with one attached hydrogen (secondary N) is 1. The van der Waals surface area contributed by atoms with Gasteiger partial charge in [-0.3, -0.25) is 38.9 Å². The van der Waals surface area contributed by atoms with Crippen LogP contribution in [0.15, 0.2) is 79.1 Å². The van der Waals surface area contributed by atoms with Crippen molar-refractivity contribution in [3.63, 3.8) is 0 Å². The third-order valence-electron chi connectivity index (χ3n) is 10.9. The van der Waals surface area contributed by atoms with Gasteiger partial charge in [-0.15, -0.1) is 5.10 Å². The van der Waals surface area contributed by atoms with Crippen molar-refractivity contribution in [2.24, 2.45) is 0 Å². The molecule has 1 unspecified atom stereocenters. The number of aryl methyl sites for hydroxylation is 3.